The summed E-state index contributed by atoms with van der Waals surface area (Å²) in [5, 5.41) is 51.3. The summed E-state index contributed by atoms with van der Waals surface area (Å²) in [7, 11) is 0. The molecule has 116 heavy (non-hydrogen) atoms. The fourth-order valence-corrected chi connectivity index (χ4v) is 18.8. The Hall–Kier alpha value is -5.08. The van der Waals surface area contributed by atoms with Gasteiger partial charge in [0.05, 0.1) is 68.9 Å². The van der Waals surface area contributed by atoms with Crippen LogP contribution in [0, 0.1) is 67.5 Å². The number of hydrogen-bond acceptors (Lipinski definition) is 23. The number of carbonyl (C=O) groups excluding carboxylic acids is 8. The molecule has 0 aromatic carbocycles. The SMILES string of the molecule is CCC(C)(C)C(=O)OC1(C)COC(O)(C(F)(F)F)C1(F)F.CCC(C)(C)C(=O)OC12CC3CC(C(C)(C)O)(C1)CC(C(C)(C)O)(C3)C2.CCC(C)(C)C(=O)OC12CC3CC(CC(O)(C3)C1)C2.CCC(C)(C)C(=O)OC1C2CC3C(=O)OC1C3O2.CCC(C)(C)C(=O)OC1CCC(C(C)(C)OC(=O)COC(=O)CC(C)(O)C(F)(F)F)CC1. The normalized spacial score (nSPS) is 34.6. The maximum atomic E-state index is 14.0. The molecule has 10 bridgehead atoms. The van der Waals surface area contributed by atoms with Crippen molar-refractivity contribution in [3.05, 3.63) is 0 Å². The Bertz CT molecular complexity index is 3510. The van der Waals surface area contributed by atoms with Gasteiger partial charge in [-0.25, -0.2) is 4.79 Å². The maximum Gasteiger partial charge on any atom is 0.449 e. The Labute approximate surface area is 678 Å². The average molecular weight is 1680 g/mol. The first kappa shape index (κ1) is 98.0. The lowest BCUT2D eigenvalue weighted by atomic mass is 9.37. The van der Waals surface area contributed by atoms with E-state index in [4.69, 9.17) is 33.2 Å². The lowest BCUT2D eigenvalue weighted by Gasteiger charge is -2.70. The number of carbonyl (C=O) groups is 8. The third-order valence-electron chi connectivity index (χ3n) is 28.5. The van der Waals surface area contributed by atoms with Gasteiger partial charge in [-0.1, -0.05) is 34.6 Å². The van der Waals surface area contributed by atoms with E-state index >= 15 is 0 Å². The van der Waals surface area contributed by atoms with Crippen molar-refractivity contribution in [1.82, 2.24) is 0 Å². The fourth-order valence-electron chi connectivity index (χ4n) is 18.8. The molecule has 4 aliphatic heterocycles. The van der Waals surface area contributed by atoms with E-state index in [0.29, 0.717) is 95.8 Å². The zero-order valence-corrected chi connectivity index (χ0v) is 72.6. The summed E-state index contributed by atoms with van der Waals surface area (Å²) in [5.41, 5.74) is -14.0. The first-order valence-electron chi connectivity index (χ1n) is 41.5. The molecule has 9 saturated carbocycles. The van der Waals surface area contributed by atoms with Crippen LogP contribution in [0.3, 0.4) is 0 Å². The van der Waals surface area contributed by atoms with Crippen molar-refractivity contribution in [2.75, 3.05) is 13.2 Å². The van der Waals surface area contributed by atoms with E-state index in [0.717, 1.165) is 64.2 Å². The van der Waals surface area contributed by atoms with Gasteiger partial charge in [0.15, 0.2) is 24.4 Å². The number of halogens is 8. The molecule has 4 heterocycles. The van der Waals surface area contributed by atoms with Crippen molar-refractivity contribution >= 4 is 47.8 Å². The molecule has 12 atom stereocenters. The smallest absolute Gasteiger partial charge is 0.449 e. The van der Waals surface area contributed by atoms with Crippen molar-refractivity contribution in [3.8, 4) is 0 Å². The standard InChI is InChI=1S/C22H35F3O7.C22H38O4.C16H26O3.C13H18O5.C12H17F5O4/c1-7-19(2,3)18(28)31-15-10-8-14(9-11-15)20(4,5)32-17(27)13-30-16(26)12-21(6,29)22(23,24)25;1-8-17(2,3)16(23)26-22-11-15-9-20(13-22,18(4,5)24)12-21(10-15,14-22)19(6,7)25;1-4-14(2,3)13(17)19-16-8-11-5-12(9-16)7-15(18,6-11)10-16;1-4-13(2,3)12(15)18-9-7-5-6-8(16-7)10(9)17-11(6)14;1-5-8(2,3)7(18)21-9(4)6-20-11(19,10(9,13)14)12(15,16)17/h14-15,29H,7-13H2,1-6H3;15,24-25H,8-14H2,1-7H3;11-12,18H,4-10H2,1-3H3;6-10H,4-5H2,1-3H3;19H,5-6H2,1-4H3. The van der Waals surface area contributed by atoms with E-state index in [1.165, 1.54) is 20.3 Å². The quantitative estimate of drug-likeness (QED) is 0.0360. The lowest BCUT2D eigenvalue weighted by molar-refractivity contribution is -0.409. The topological polar surface area (TPSA) is 330 Å². The van der Waals surface area contributed by atoms with E-state index < -0.39 is 140 Å². The van der Waals surface area contributed by atoms with Gasteiger partial charge >= 0.3 is 71.8 Å². The second-order valence-electron chi connectivity index (χ2n) is 41.1. The van der Waals surface area contributed by atoms with Crippen molar-refractivity contribution in [1.29, 1.82) is 0 Å². The summed E-state index contributed by atoms with van der Waals surface area (Å²) in [4.78, 5) is 96.6. The van der Waals surface area contributed by atoms with Gasteiger partial charge in [-0.3, -0.25) is 33.6 Å². The van der Waals surface area contributed by atoms with Gasteiger partial charge in [0.25, 0.3) is 0 Å². The first-order valence-corrected chi connectivity index (χ1v) is 41.5. The zero-order valence-electron chi connectivity index (χ0n) is 72.6. The van der Waals surface area contributed by atoms with Gasteiger partial charge in [0, 0.05) is 17.3 Å². The molecule has 0 radical (unpaired) electrons. The predicted molar refractivity (Wildman–Crippen MR) is 403 cm³/mol. The van der Waals surface area contributed by atoms with Crippen LogP contribution >= 0.6 is 0 Å². The van der Waals surface area contributed by atoms with Crippen LogP contribution in [0.25, 0.3) is 0 Å². The summed E-state index contributed by atoms with van der Waals surface area (Å²) in [6.45, 7) is 37.4. The molecule has 23 nitrogen and oxygen atoms in total. The monoisotopic (exact) mass is 1670 g/mol. The van der Waals surface area contributed by atoms with Gasteiger partial charge < -0.3 is 72.9 Å². The number of fused-ring (bicyclic) bond motifs is 1. The predicted octanol–water partition coefficient (Wildman–Crippen LogP) is 15.0. The number of hydrogen-bond donors (Lipinski definition) is 5. The van der Waals surface area contributed by atoms with Gasteiger partial charge in [0.1, 0.15) is 29.0 Å². The molecular formula is C85H134F8O23. The minimum absolute atomic E-state index is 0.0257. The first-order chi connectivity index (χ1) is 52.3. The van der Waals surface area contributed by atoms with Crippen molar-refractivity contribution < 1.29 is 146 Å². The van der Waals surface area contributed by atoms with Crippen molar-refractivity contribution in [2.24, 2.45) is 67.5 Å². The molecule has 12 unspecified atom stereocenters. The fraction of sp³-hybridized carbons (Fsp3) is 0.906. The molecule has 0 spiro atoms. The highest BCUT2D eigenvalue weighted by Crippen LogP contribution is 2.73. The van der Waals surface area contributed by atoms with Crippen LogP contribution in [0.15, 0.2) is 0 Å². The van der Waals surface area contributed by atoms with Crippen LogP contribution < -0.4 is 0 Å². The molecule has 0 aromatic rings. The lowest BCUT2D eigenvalue weighted by Crippen LogP contribution is -2.70. The van der Waals surface area contributed by atoms with Gasteiger partial charge in [-0.15, -0.1) is 0 Å². The Kier molecular flexibility index (Phi) is 28.1. The van der Waals surface area contributed by atoms with Crippen LogP contribution in [0.1, 0.15) is 307 Å². The zero-order chi connectivity index (χ0) is 88.6. The molecule has 13 fully saturated rings. The largest absolute Gasteiger partial charge is 0.462 e. The summed E-state index contributed by atoms with van der Waals surface area (Å²) >= 11 is 0. The van der Waals surface area contributed by atoms with Crippen LogP contribution in [0.4, 0.5) is 35.1 Å². The van der Waals surface area contributed by atoms with Crippen LogP contribution in [-0.2, 0) is 85.7 Å². The molecular weight excluding hydrogens is 1540 g/mol. The molecule has 668 valence electrons. The van der Waals surface area contributed by atoms with Crippen molar-refractivity contribution in [3.63, 3.8) is 0 Å². The average Bonchev–Trinajstić information content (AvgIpc) is 1.04. The molecule has 9 aliphatic carbocycles. The molecule has 0 aromatic heterocycles. The number of alkyl halides is 8. The summed E-state index contributed by atoms with van der Waals surface area (Å²) in [6, 6.07) is 0. The van der Waals surface area contributed by atoms with E-state index in [-0.39, 0.29) is 82.8 Å². The molecule has 13 rings (SSSR count). The molecule has 5 N–H and O–H groups in total. The third-order valence-corrected chi connectivity index (χ3v) is 28.5. The highest BCUT2D eigenvalue weighted by molar-refractivity contribution is 5.80. The van der Waals surface area contributed by atoms with Crippen LogP contribution in [0.2, 0.25) is 0 Å². The second kappa shape index (κ2) is 33.3. The minimum Gasteiger partial charge on any atom is -0.462 e. The third kappa shape index (κ3) is 20.3. The highest BCUT2D eigenvalue weighted by Gasteiger charge is 2.83. The van der Waals surface area contributed by atoms with Gasteiger partial charge in [-0.05, 0) is 283 Å². The van der Waals surface area contributed by atoms with E-state index in [1.807, 2.05) is 111 Å². The number of aliphatic hydroxyl groups is 5. The van der Waals surface area contributed by atoms with Gasteiger partial charge in [0.2, 0.25) is 5.60 Å². The van der Waals surface area contributed by atoms with Crippen LogP contribution in [-0.4, -0.2) is 186 Å². The number of esters is 8. The van der Waals surface area contributed by atoms with E-state index in [1.54, 1.807) is 20.8 Å². The summed E-state index contributed by atoms with van der Waals surface area (Å²) in [6.07, 6.45) is 3.53. The van der Waals surface area contributed by atoms with E-state index in [9.17, 15) is 99.0 Å². The highest BCUT2D eigenvalue weighted by atomic mass is 19.4. The molecule has 13 aliphatic rings. The number of ether oxygens (including phenoxy) is 10. The van der Waals surface area contributed by atoms with Gasteiger partial charge in [-0.2, -0.15) is 35.1 Å². The maximum absolute atomic E-state index is 14.0. The minimum atomic E-state index is -5.74. The Balaban J connectivity index is 0.000000203. The molecule has 31 heteroatoms. The number of rotatable bonds is 23. The Morgan fingerprint density at radius 1 is 0.509 bits per heavy atom. The van der Waals surface area contributed by atoms with E-state index in [2.05, 4.69) is 14.2 Å². The summed E-state index contributed by atoms with van der Waals surface area (Å²) < 4.78 is 157. The summed E-state index contributed by atoms with van der Waals surface area (Å²) in [5.74, 6) is -12.5. The van der Waals surface area contributed by atoms with Crippen molar-refractivity contribution in [2.45, 2.75) is 406 Å². The van der Waals surface area contributed by atoms with Crippen LogP contribution in [0.5, 0.6) is 0 Å². The Morgan fingerprint density at radius 2 is 0.940 bits per heavy atom. The Morgan fingerprint density at radius 3 is 1.36 bits per heavy atom. The molecule has 0 amide bonds. The second-order valence-corrected chi connectivity index (χ2v) is 41.1. The molecule has 4 saturated heterocycles.